The molecule has 0 radical (unpaired) electrons. The molecule has 3 unspecified atom stereocenters. The minimum Gasteiger partial charge on any atom is -0.382 e. The van der Waals surface area contributed by atoms with Crippen LogP contribution in [0.4, 0.5) is 5.69 Å². The second kappa shape index (κ2) is 13.1. The molecule has 40 heavy (non-hydrogen) atoms. The van der Waals surface area contributed by atoms with E-state index in [1.807, 2.05) is 19.9 Å². The Kier molecular flexibility index (Phi) is 9.40. The minimum absolute atomic E-state index is 0.0241. The van der Waals surface area contributed by atoms with Gasteiger partial charge in [0.15, 0.2) is 0 Å². The molecule has 2 aromatic carbocycles. The van der Waals surface area contributed by atoms with E-state index >= 15 is 0 Å². The first-order chi connectivity index (χ1) is 19.4. The van der Waals surface area contributed by atoms with E-state index in [2.05, 4.69) is 58.1 Å². The highest BCUT2D eigenvalue weighted by atomic mass is 16.5. The fraction of sp³-hybridized carbons (Fsp3) is 0.562. The van der Waals surface area contributed by atoms with Gasteiger partial charge in [-0.3, -0.25) is 14.5 Å². The van der Waals surface area contributed by atoms with Gasteiger partial charge in [-0.05, 0) is 73.4 Å². The van der Waals surface area contributed by atoms with E-state index in [1.165, 1.54) is 5.56 Å². The number of anilines is 1. The molecule has 3 aliphatic heterocycles. The van der Waals surface area contributed by atoms with Gasteiger partial charge in [-0.1, -0.05) is 31.2 Å². The van der Waals surface area contributed by atoms with Crippen molar-refractivity contribution in [2.45, 2.75) is 58.7 Å². The van der Waals surface area contributed by atoms with Crippen molar-refractivity contribution >= 4 is 17.5 Å². The van der Waals surface area contributed by atoms with Crippen molar-refractivity contribution in [3.8, 4) is 11.1 Å². The number of nitrogens with zero attached hydrogens (tertiary/aromatic N) is 1. The average molecular weight is 549 g/mol. The van der Waals surface area contributed by atoms with E-state index in [-0.39, 0.29) is 29.7 Å². The number of rotatable bonds is 8. The maximum Gasteiger partial charge on any atom is 0.251 e. The van der Waals surface area contributed by atoms with E-state index in [0.717, 1.165) is 87.7 Å². The summed E-state index contributed by atoms with van der Waals surface area (Å²) in [6, 6.07) is 13.3. The summed E-state index contributed by atoms with van der Waals surface area (Å²) in [7, 11) is 0. The van der Waals surface area contributed by atoms with Gasteiger partial charge in [0, 0.05) is 62.7 Å². The lowest BCUT2D eigenvalue weighted by Gasteiger charge is -2.32. The van der Waals surface area contributed by atoms with Crippen molar-refractivity contribution in [1.29, 1.82) is 0 Å². The van der Waals surface area contributed by atoms with Crippen LogP contribution in [0.1, 0.15) is 54.6 Å². The van der Waals surface area contributed by atoms with E-state index < -0.39 is 0 Å². The van der Waals surface area contributed by atoms with Crippen LogP contribution in [0.15, 0.2) is 36.4 Å². The Bertz CT molecular complexity index is 1170. The number of piperidine rings is 1. The van der Waals surface area contributed by atoms with Crippen LogP contribution in [0.25, 0.3) is 11.1 Å². The molecule has 5 rings (SSSR count). The number of ether oxygens (including phenoxy) is 2. The molecule has 0 saturated carbocycles. The normalized spacial score (nSPS) is 24.4. The highest BCUT2D eigenvalue weighted by Gasteiger charge is 2.32. The van der Waals surface area contributed by atoms with Gasteiger partial charge in [0.1, 0.15) is 0 Å². The van der Waals surface area contributed by atoms with Gasteiger partial charge in [-0.25, -0.2) is 0 Å². The van der Waals surface area contributed by atoms with E-state index in [4.69, 9.17) is 9.47 Å². The lowest BCUT2D eigenvalue weighted by Crippen LogP contribution is -2.50. The fourth-order valence-electron chi connectivity index (χ4n) is 6.13. The first-order valence-corrected chi connectivity index (χ1v) is 14.8. The standard InChI is InChI=1S/C32H44N4O4/c1-21-16-22(2)34-32(38)29(21)19-33-31(37)28-17-26(18-30(23(28)3)35-27-8-12-39-13-9-27)25-6-4-24(5-7-25)20-36-10-14-40-15-11-36/h4-7,17-18,21-22,27,29,35H,8-16,19-20H2,1-3H3,(H,33,37)(H,34,38). The van der Waals surface area contributed by atoms with Gasteiger partial charge in [-0.15, -0.1) is 0 Å². The van der Waals surface area contributed by atoms with Crippen molar-refractivity contribution < 1.29 is 19.1 Å². The summed E-state index contributed by atoms with van der Waals surface area (Å²) in [6.45, 7) is 12.4. The van der Waals surface area contributed by atoms with Gasteiger partial charge < -0.3 is 25.4 Å². The number of carbonyl (C=O) groups excluding carboxylic acids is 2. The SMILES string of the molecule is Cc1c(NC2CCOCC2)cc(-c2ccc(CN3CCOCC3)cc2)cc1C(=O)NCC1C(=O)NC(C)CC1C. The average Bonchev–Trinajstić information content (AvgIpc) is 2.95. The quantitative estimate of drug-likeness (QED) is 0.462. The minimum atomic E-state index is -0.220. The molecule has 3 aliphatic rings. The number of benzene rings is 2. The molecule has 216 valence electrons. The second-order valence-electron chi connectivity index (χ2n) is 11.8. The van der Waals surface area contributed by atoms with Crippen LogP contribution in [0.3, 0.4) is 0 Å². The molecule has 0 aromatic heterocycles. The molecule has 3 saturated heterocycles. The van der Waals surface area contributed by atoms with Crippen LogP contribution in [0.5, 0.6) is 0 Å². The first-order valence-electron chi connectivity index (χ1n) is 14.8. The Morgan fingerprint density at radius 1 is 1.00 bits per heavy atom. The molecule has 8 heteroatoms. The monoisotopic (exact) mass is 548 g/mol. The van der Waals surface area contributed by atoms with Gasteiger partial charge in [0.2, 0.25) is 5.91 Å². The molecule has 0 spiro atoms. The zero-order chi connectivity index (χ0) is 28.1. The number of nitrogens with one attached hydrogen (secondary N) is 3. The summed E-state index contributed by atoms with van der Waals surface area (Å²) in [5.74, 6) is -0.117. The number of carbonyl (C=O) groups is 2. The molecule has 3 fully saturated rings. The number of amides is 2. The van der Waals surface area contributed by atoms with Crippen LogP contribution >= 0.6 is 0 Å². The highest BCUT2D eigenvalue weighted by molar-refractivity contribution is 5.99. The maximum atomic E-state index is 13.6. The molecule has 0 aliphatic carbocycles. The van der Waals surface area contributed by atoms with Crippen molar-refractivity contribution in [2.24, 2.45) is 11.8 Å². The third-order valence-electron chi connectivity index (χ3n) is 8.65. The summed E-state index contributed by atoms with van der Waals surface area (Å²) in [5, 5.41) is 9.82. The maximum absolute atomic E-state index is 13.6. The summed E-state index contributed by atoms with van der Waals surface area (Å²) in [4.78, 5) is 28.6. The van der Waals surface area contributed by atoms with Crippen LogP contribution in [0, 0.1) is 18.8 Å². The fourth-order valence-corrected chi connectivity index (χ4v) is 6.13. The first kappa shape index (κ1) is 28.6. The van der Waals surface area contributed by atoms with Crippen LogP contribution in [-0.4, -0.2) is 74.9 Å². The number of morpholine rings is 1. The molecule has 2 aromatic rings. The van der Waals surface area contributed by atoms with Gasteiger partial charge >= 0.3 is 0 Å². The zero-order valence-corrected chi connectivity index (χ0v) is 24.1. The summed E-state index contributed by atoms with van der Waals surface area (Å²) in [6.07, 6.45) is 2.80. The Labute approximate surface area is 238 Å². The molecule has 3 N–H and O–H groups in total. The summed E-state index contributed by atoms with van der Waals surface area (Å²) >= 11 is 0. The highest BCUT2D eigenvalue weighted by Crippen LogP contribution is 2.31. The third-order valence-corrected chi connectivity index (χ3v) is 8.65. The number of hydrogen-bond donors (Lipinski definition) is 3. The molecule has 8 nitrogen and oxygen atoms in total. The molecule has 3 atom stereocenters. The molecular formula is C32H44N4O4. The van der Waals surface area contributed by atoms with Crippen molar-refractivity contribution in [2.75, 3.05) is 51.4 Å². The van der Waals surface area contributed by atoms with E-state index in [1.54, 1.807) is 0 Å². The van der Waals surface area contributed by atoms with Gasteiger partial charge in [0.05, 0.1) is 19.1 Å². The molecular weight excluding hydrogens is 504 g/mol. The lowest BCUT2D eigenvalue weighted by molar-refractivity contribution is -0.129. The Morgan fingerprint density at radius 3 is 2.40 bits per heavy atom. The van der Waals surface area contributed by atoms with Crippen molar-refractivity contribution in [1.82, 2.24) is 15.5 Å². The van der Waals surface area contributed by atoms with Crippen molar-refractivity contribution in [3.05, 3.63) is 53.1 Å². The van der Waals surface area contributed by atoms with Crippen molar-refractivity contribution in [3.63, 3.8) is 0 Å². The predicted octanol–water partition coefficient (Wildman–Crippen LogP) is 3.98. The molecule has 3 heterocycles. The second-order valence-corrected chi connectivity index (χ2v) is 11.8. The van der Waals surface area contributed by atoms with Crippen LogP contribution in [-0.2, 0) is 20.8 Å². The zero-order valence-electron chi connectivity index (χ0n) is 24.1. The summed E-state index contributed by atoms with van der Waals surface area (Å²) < 4.78 is 11.0. The van der Waals surface area contributed by atoms with Crippen LogP contribution < -0.4 is 16.0 Å². The Hall–Kier alpha value is -2.94. The predicted molar refractivity (Wildman–Crippen MR) is 157 cm³/mol. The third kappa shape index (κ3) is 7.03. The van der Waals surface area contributed by atoms with Gasteiger partial charge in [0.25, 0.3) is 5.91 Å². The summed E-state index contributed by atoms with van der Waals surface area (Å²) in [5.41, 5.74) is 5.88. The smallest absolute Gasteiger partial charge is 0.251 e. The van der Waals surface area contributed by atoms with E-state index in [0.29, 0.717) is 18.2 Å². The Balaban J connectivity index is 1.36. The van der Waals surface area contributed by atoms with Gasteiger partial charge in [-0.2, -0.15) is 0 Å². The lowest BCUT2D eigenvalue weighted by atomic mass is 9.84. The topological polar surface area (TPSA) is 91.9 Å². The molecule has 2 amide bonds. The van der Waals surface area contributed by atoms with Crippen LogP contribution in [0.2, 0.25) is 0 Å². The number of hydrogen-bond acceptors (Lipinski definition) is 6. The molecule has 0 bridgehead atoms. The largest absolute Gasteiger partial charge is 0.382 e. The Morgan fingerprint density at radius 2 is 1.70 bits per heavy atom. The van der Waals surface area contributed by atoms with E-state index in [9.17, 15) is 9.59 Å².